The molecule has 0 radical (unpaired) electrons. The molecule has 0 spiro atoms. The summed E-state index contributed by atoms with van der Waals surface area (Å²) in [6.45, 7) is 2.51. The number of para-hydroxylation sites is 2. The van der Waals surface area contributed by atoms with E-state index in [-0.39, 0.29) is 5.91 Å². The first-order valence-corrected chi connectivity index (χ1v) is 10.6. The fraction of sp³-hybridized carbons (Fsp3) is 0.200. The largest absolute Gasteiger partial charge is 0.346 e. The van der Waals surface area contributed by atoms with E-state index in [4.69, 9.17) is 0 Å². The van der Waals surface area contributed by atoms with Crippen LogP contribution in [0, 0.1) is 6.92 Å². The van der Waals surface area contributed by atoms with Gasteiger partial charge in [0.25, 0.3) is 5.91 Å². The van der Waals surface area contributed by atoms with Gasteiger partial charge in [-0.15, -0.1) is 10.2 Å². The minimum absolute atomic E-state index is 0.197. The highest BCUT2D eigenvalue weighted by Crippen LogP contribution is 2.26. The van der Waals surface area contributed by atoms with Crippen molar-refractivity contribution in [2.45, 2.75) is 24.4 Å². The van der Waals surface area contributed by atoms with Crippen molar-refractivity contribution in [2.75, 3.05) is 0 Å². The van der Waals surface area contributed by atoms with E-state index >= 15 is 0 Å². The predicted octanol–water partition coefficient (Wildman–Crippen LogP) is 3.96. The first-order valence-electron chi connectivity index (χ1n) is 8.80. The molecule has 0 saturated heterocycles. The molecule has 0 fully saturated rings. The summed E-state index contributed by atoms with van der Waals surface area (Å²) in [5.74, 6) is 0.428. The van der Waals surface area contributed by atoms with Crippen LogP contribution in [0.2, 0.25) is 0 Å². The standard InChI is InChI=1S/C20H19N5OS2/c1-13-7-9-14(10-8-13)11-21-18(26)19-24-23-17(28-19)12-27-20-22-15-5-3-4-6-16(15)25(20)2/h3-10H,11-12H2,1-2H3,(H,21,26). The molecule has 0 aliphatic heterocycles. The number of carbonyl (C=O) groups excluding carboxylic acids is 1. The molecule has 28 heavy (non-hydrogen) atoms. The minimum Gasteiger partial charge on any atom is -0.346 e. The Hall–Kier alpha value is -2.71. The third kappa shape index (κ3) is 4.07. The number of aromatic nitrogens is 4. The first-order chi connectivity index (χ1) is 13.6. The van der Waals surface area contributed by atoms with Crippen LogP contribution in [0.1, 0.15) is 25.9 Å². The van der Waals surface area contributed by atoms with Gasteiger partial charge in [0.1, 0.15) is 5.01 Å². The third-order valence-electron chi connectivity index (χ3n) is 4.31. The van der Waals surface area contributed by atoms with Crippen LogP contribution in [0.4, 0.5) is 0 Å². The summed E-state index contributed by atoms with van der Waals surface area (Å²) in [4.78, 5) is 17.0. The second-order valence-corrected chi connectivity index (χ2v) is 8.40. The Morgan fingerprint density at radius 1 is 1.14 bits per heavy atom. The molecule has 0 saturated carbocycles. The highest BCUT2D eigenvalue weighted by Gasteiger charge is 2.14. The van der Waals surface area contributed by atoms with Gasteiger partial charge in [-0.05, 0) is 24.6 Å². The predicted molar refractivity (Wildman–Crippen MR) is 113 cm³/mol. The zero-order valence-electron chi connectivity index (χ0n) is 15.5. The molecule has 0 unspecified atom stereocenters. The average molecular weight is 410 g/mol. The van der Waals surface area contributed by atoms with Crippen molar-refractivity contribution in [1.82, 2.24) is 25.1 Å². The molecule has 0 bridgehead atoms. The van der Waals surface area contributed by atoms with Crippen LogP contribution in [0.5, 0.6) is 0 Å². The molecule has 2 aromatic carbocycles. The van der Waals surface area contributed by atoms with Gasteiger partial charge in [0.15, 0.2) is 5.16 Å². The maximum absolute atomic E-state index is 12.3. The summed E-state index contributed by atoms with van der Waals surface area (Å²) in [7, 11) is 2.00. The molecule has 4 rings (SSSR count). The average Bonchev–Trinajstić information content (AvgIpc) is 3.31. The molecule has 142 valence electrons. The number of benzene rings is 2. The molecule has 4 aromatic rings. The van der Waals surface area contributed by atoms with Crippen molar-refractivity contribution in [1.29, 1.82) is 0 Å². The van der Waals surface area contributed by atoms with Crippen LogP contribution in [0.3, 0.4) is 0 Å². The minimum atomic E-state index is -0.197. The maximum Gasteiger partial charge on any atom is 0.282 e. The Bertz CT molecular complexity index is 1120. The number of aryl methyl sites for hydroxylation is 2. The van der Waals surface area contributed by atoms with Gasteiger partial charge in [-0.1, -0.05) is 65.1 Å². The van der Waals surface area contributed by atoms with Crippen LogP contribution in [0.15, 0.2) is 53.7 Å². The summed E-state index contributed by atoms with van der Waals surface area (Å²) in [6, 6.07) is 16.1. The van der Waals surface area contributed by atoms with Crippen molar-refractivity contribution < 1.29 is 4.79 Å². The lowest BCUT2D eigenvalue weighted by molar-refractivity contribution is 0.0950. The van der Waals surface area contributed by atoms with Crippen molar-refractivity contribution >= 4 is 40.0 Å². The number of carbonyl (C=O) groups is 1. The van der Waals surface area contributed by atoms with Gasteiger partial charge in [0.2, 0.25) is 5.01 Å². The SMILES string of the molecule is Cc1ccc(CNC(=O)c2nnc(CSc3nc4ccccc4n3C)s2)cc1. The van der Waals surface area contributed by atoms with E-state index in [1.54, 1.807) is 11.8 Å². The number of nitrogens with one attached hydrogen (secondary N) is 1. The molecule has 1 amide bonds. The van der Waals surface area contributed by atoms with E-state index in [1.807, 2.05) is 62.5 Å². The van der Waals surface area contributed by atoms with E-state index in [0.29, 0.717) is 17.3 Å². The molecular weight excluding hydrogens is 390 g/mol. The Morgan fingerprint density at radius 2 is 1.93 bits per heavy atom. The molecular formula is C20H19N5OS2. The van der Waals surface area contributed by atoms with Crippen molar-refractivity contribution in [3.05, 3.63) is 69.7 Å². The number of hydrogen-bond donors (Lipinski definition) is 1. The Labute approximate surface area is 171 Å². The van der Waals surface area contributed by atoms with Gasteiger partial charge in [-0.25, -0.2) is 4.98 Å². The van der Waals surface area contributed by atoms with Crippen LogP contribution < -0.4 is 5.32 Å². The number of rotatable bonds is 6. The fourth-order valence-corrected chi connectivity index (χ4v) is 4.48. The van der Waals surface area contributed by atoms with E-state index in [9.17, 15) is 4.79 Å². The molecule has 2 heterocycles. The maximum atomic E-state index is 12.3. The zero-order valence-corrected chi connectivity index (χ0v) is 17.2. The van der Waals surface area contributed by atoms with Gasteiger partial charge in [-0.3, -0.25) is 4.79 Å². The molecule has 8 heteroatoms. The number of hydrogen-bond acceptors (Lipinski definition) is 6. The molecule has 0 aliphatic rings. The zero-order chi connectivity index (χ0) is 19.5. The number of thioether (sulfide) groups is 1. The van der Waals surface area contributed by atoms with E-state index in [1.165, 1.54) is 16.9 Å². The molecule has 6 nitrogen and oxygen atoms in total. The Kier molecular flexibility index (Phi) is 5.40. The van der Waals surface area contributed by atoms with Gasteiger partial charge >= 0.3 is 0 Å². The van der Waals surface area contributed by atoms with E-state index in [0.717, 1.165) is 26.8 Å². The lowest BCUT2D eigenvalue weighted by Gasteiger charge is -2.03. The second-order valence-electron chi connectivity index (χ2n) is 6.40. The van der Waals surface area contributed by atoms with Crippen LogP contribution in [-0.2, 0) is 19.3 Å². The van der Waals surface area contributed by atoms with Gasteiger partial charge in [-0.2, -0.15) is 0 Å². The lowest BCUT2D eigenvalue weighted by atomic mass is 10.1. The molecule has 0 atom stereocenters. The number of nitrogens with zero attached hydrogens (tertiary/aromatic N) is 4. The van der Waals surface area contributed by atoms with E-state index in [2.05, 4.69) is 25.1 Å². The van der Waals surface area contributed by atoms with Gasteiger partial charge in [0.05, 0.1) is 16.8 Å². The molecule has 1 N–H and O–H groups in total. The Morgan fingerprint density at radius 3 is 2.71 bits per heavy atom. The normalized spacial score (nSPS) is 11.1. The highest BCUT2D eigenvalue weighted by atomic mass is 32.2. The summed E-state index contributed by atoms with van der Waals surface area (Å²) in [6.07, 6.45) is 0. The van der Waals surface area contributed by atoms with Crippen molar-refractivity contribution in [3.63, 3.8) is 0 Å². The highest BCUT2D eigenvalue weighted by molar-refractivity contribution is 7.98. The smallest absolute Gasteiger partial charge is 0.282 e. The van der Waals surface area contributed by atoms with Crippen LogP contribution >= 0.6 is 23.1 Å². The van der Waals surface area contributed by atoms with Crippen molar-refractivity contribution in [3.8, 4) is 0 Å². The quantitative estimate of drug-likeness (QED) is 0.488. The number of amides is 1. The molecule has 2 aromatic heterocycles. The first kappa shape index (κ1) is 18.6. The topological polar surface area (TPSA) is 72.7 Å². The summed E-state index contributed by atoms with van der Waals surface area (Å²) < 4.78 is 2.07. The third-order valence-corrected chi connectivity index (χ3v) is 6.45. The van der Waals surface area contributed by atoms with E-state index < -0.39 is 0 Å². The fourth-order valence-electron chi connectivity index (χ4n) is 2.75. The summed E-state index contributed by atoms with van der Waals surface area (Å²) in [5, 5.41) is 13.2. The molecule has 0 aliphatic carbocycles. The summed E-state index contributed by atoms with van der Waals surface area (Å²) >= 11 is 2.91. The second kappa shape index (κ2) is 8.12. The van der Waals surface area contributed by atoms with Crippen molar-refractivity contribution in [2.24, 2.45) is 7.05 Å². The number of imidazole rings is 1. The van der Waals surface area contributed by atoms with Gasteiger partial charge < -0.3 is 9.88 Å². The van der Waals surface area contributed by atoms with Crippen LogP contribution in [-0.4, -0.2) is 25.7 Å². The Balaban J connectivity index is 1.36. The van der Waals surface area contributed by atoms with Crippen LogP contribution in [0.25, 0.3) is 11.0 Å². The lowest BCUT2D eigenvalue weighted by Crippen LogP contribution is -2.22. The summed E-state index contributed by atoms with van der Waals surface area (Å²) in [5.41, 5.74) is 4.32. The number of fused-ring (bicyclic) bond motifs is 1. The monoisotopic (exact) mass is 409 g/mol. The van der Waals surface area contributed by atoms with Gasteiger partial charge in [0, 0.05) is 13.6 Å².